The Balaban J connectivity index is 2.51. The van der Waals surface area contributed by atoms with Gasteiger partial charge in [0.1, 0.15) is 11.6 Å². The molecule has 0 amide bonds. The Kier molecular flexibility index (Phi) is 4.10. The Morgan fingerprint density at radius 2 is 1.56 bits per heavy atom. The third kappa shape index (κ3) is 2.61. The van der Waals surface area contributed by atoms with Crippen molar-refractivity contribution in [2.75, 3.05) is 0 Å². The van der Waals surface area contributed by atoms with Crippen LogP contribution in [0.15, 0.2) is 36.4 Å². The number of hydrogen-bond donors (Lipinski definition) is 0. The van der Waals surface area contributed by atoms with Gasteiger partial charge in [-0.1, -0.05) is 35.3 Å². The summed E-state index contributed by atoms with van der Waals surface area (Å²) in [5, 5.41) is -0.303. The van der Waals surface area contributed by atoms with Crippen molar-refractivity contribution in [3.8, 4) is 0 Å². The van der Waals surface area contributed by atoms with Gasteiger partial charge in [-0.15, -0.1) is 11.6 Å². The molecule has 5 heteroatoms. The monoisotopic (exact) mass is 306 g/mol. The minimum atomic E-state index is -1.00. The van der Waals surface area contributed by atoms with E-state index in [2.05, 4.69) is 0 Å². The quantitative estimate of drug-likeness (QED) is 0.633. The Morgan fingerprint density at radius 1 is 0.944 bits per heavy atom. The van der Waals surface area contributed by atoms with E-state index < -0.39 is 17.0 Å². The lowest BCUT2D eigenvalue weighted by Gasteiger charge is -2.14. The second-order valence-electron chi connectivity index (χ2n) is 3.66. The Labute approximate surface area is 118 Å². The highest BCUT2D eigenvalue weighted by Gasteiger charge is 2.21. The van der Waals surface area contributed by atoms with E-state index in [0.29, 0.717) is 10.6 Å². The molecule has 0 radical (unpaired) electrons. The van der Waals surface area contributed by atoms with Gasteiger partial charge >= 0.3 is 0 Å². The van der Waals surface area contributed by atoms with Gasteiger partial charge < -0.3 is 0 Å². The van der Waals surface area contributed by atoms with Crippen LogP contribution in [0.5, 0.6) is 0 Å². The van der Waals surface area contributed by atoms with E-state index in [1.807, 2.05) is 0 Å². The van der Waals surface area contributed by atoms with E-state index >= 15 is 0 Å². The first-order valence-corrected chi connectivity index (χ1v) is 6.23. The SMILES string of the molecule is Fc1cccc(F)c1C(Cl)c1ccc(Cl)cc1Cl. The highest BCUT2D eigenvalue weighted by Crippen LogP contribution is 2.37. The lowest BCUT2D eigenvalue weighted by atomic mass is 10.0. The average Bonchev–Trinajstić information content (AvgIpc) is 2.28. The van der Waals surface area contributed by atoms with Gasteiger partial charge in [0.15, 0.2) is 0 Å². The molecular weight excluding hydrogens is 300 g/mol. The summed E-state index contributed by atoms with van der Waals surface area (Å²) in [5.74, 6) is -1.41. The molecule has 18 heavy (non-hydrogen) atoms. The maximum Gasteiger partial charge on any atom is 0.131 e. The summed E-state index contributed by atoms with van der Waals surface area (Å²) in [7, 11) is 0. The third-order valence-electron chi connectivity index (χ3n) is 2.49. The number of halogens is 5. The van der Waals surface area contributed by atoms with Gasteiger partial charge in [0.25, 0.3) is 0 Å². The van der Waals surface area contributed by atoms with Crippen molar-refractivity contribution in [2.24, 2.45) is 0 Å². The summed E-state index contributed by atoms with van der Waals surface area (Å²) in [4.78, 5) is 0. The molecule has 0 aromatic heterocycles. The second kappa shape index (κ2) is 5.43. The predicted octanol–water partition coefficient (Wildman–Crippen LogP) is 5.60. The summed E-state index contributed by atoms with van der Waals surface area (Å²) >= 11 is 17.8. The van der Waals surface area contributed by atoms with Crippen LogP contribution < -0.4 is 0 Å². The van der Waals surface area contributed by atoms with Crippen LogP contribution >= 0.6 is 34.8 Å². The van der Waals surface area contributed by atoms with Gasteiger partial charge in [0.05, 0.1) is 5.38 Å². The van der Waals surface area contributed by atoms with E-state index in [1.165, 1.54) is 12.1 Å². The molecule has 0 aliphatic rings. The summed E-state index contributed by atoms with van der Waals surface area (Å²) in [6, 6.07) is 8.17. The maximum atomic E-state index is 13.6. The zero-order valence-corrected chi connectivity index (χ0v) is 11.2. The first-order valence-electron chi connectivity index (χ1n) is 5.03. The zero-order valence-electron chi connectivity index (χ0n) is 8.93. The molecule has 0 bridgehead atoms. The highest BCUT2D eigenvalue weighted by molar-refractivity contribution is 6.36. The molecule has 1 atom stereocenters. The van der Waals surface area contributed by atoms with Gasteiger partial charge in [-0.25, -0.2) is 8.78 Å². The van der Waals surface area contributed by atoms with Gasteiger partial charge in [0, 0.05) is 15.6 Å². The van der Waals surface area contributed by atoms with E-state index in [1.54, 1.807) is 12.1 Å². The van der Waals surface area contributed by atoms with Crippen LogP contribution in [0, 0.1) is 11.6 Å². The average molecular weight is 308 g/mol. The van der Waals surface area contributed by atoms with Crippen molar-refractivity contribution < 1.29 is 8.78 Å². The molecular formula is C13H7Cl3F2. The molecule has 94 valence electrons. The summed E-state index contributed by atoms with van der Waals surface area (Å²) in [6.07, 6.45) is 0. The van der Waals surface area contributed by atoms with Gasteiger partial charge in [-0.2, -0.15) is 0 Å². The number of benzene rings is 2. The molecule has 0 aliphatic carbocycles. The van der Waals surface area contributed by atoms with Crippen LogP contribution in [0.4, 0.5) is 8.78 Å². The standard InChI is InChI=1S/C13H7Cl3F2/c14-7-4-5-8(9(15)6-7)13(16)12-10(17)2-1-3-11(12)18/h1-6,13H. The van der Waals surface area contributed by atoms with Gasteiger partial charge in [0.2, 0.25) is 0 Å². The van der Waals surface area contributed by atoms with Gasteiger partial charge in [-0.3, -0.25) is 0 Å². The molecule has 0 aliphatic heterocycles. The van der Waals surface area contributed by atoms with Crippen molar-refractivity contribution in [2.45, 2.75) is 5.38 Å². The molecule has 2 rings (SSSR count). The van der Waals surface area contributed by atoms with Gasteiger partial charge in [-0.05, 0) is 29.8 Å². The molecule has 2 aromatic carbocycles. The van der Waals surface area contributed by atoms with Crippen molar-refractivity contribution in [1.82, 2.24) is 0 Å². The molecule has 0 N–H and O–H groups in total. The minimum Gasteiger partial charge on any atom is -0.207 e. The number of alkyl halides is 1. The Bertz CT molecular complexity index is 564. The lowest BCUT2D eigenvalue weighted by molar-refractivity contribution is 0.559. The smallest absolute Gasteiger partial charge is 0.131 e. The molecule has 1 unspecified atom stereocenters. The molecule has 0 fully saturated rings. The fraction of sp³-hybridized carbons (Fsp3) is 0.0769. The molecule has 0 saturated carbocycles. The highest BCUT2D eigenvalue weighted by atomic mass is 35.5. The summed E-state index contributed by atoms with van der Waals surface area (Å²) < 4.78 is 27.2. The van der Waals surface area contributed by atoms with E-state index in [9.17, 15) is 8.78 Å². The van der Waals surface area contributed by atoms with Crippen molar-refractivity contribution >= 4 is 34.8 Å². The van der Waals surface area contributed by atoms with Crippen LogP contribution in [0.3, 0.4) is 0 Å². The Hall–Kier alpha value is -0.830. The fourth-order valence-corrected chi connectivity index (χ4v) is 2.59. The van der Waals surface area contributed by atoms with Crippen LogP contribution in [-0.2, 0) is 0 Å². The number of hydrogen-bond acceptors (Lipinski definition) is 0. The van der Waals surface area contributed by atoms with E-state index in [4.69, 9.17) is 34.8 Å². The topological polar surface area (TPSA) is 0 Å². The summed E-state index contributed by atoms with van der Waals surface area (Å²) in [5.41, 5.74) is 0.190. The molecule has 0 heterocycles. The largest absolute Gasteiger partial charge is 0.207 e. The first kappa shape index (κ1) is 13.6. The van der Waals surface area contributed by atoms with Crippen LogP contribution in [-0.4, -0.2) is 0 Å². The van der Waals surface area contributed by atoms with Crippen molar-refractivity contribution in [3.63, 3.8) is 0 Å². The predicted molar refractivity (Wildman–Crippen MR) is 70.5 cm³/mol. The van der Waals surface area contributed by atoms with Crippen molar-refractivity contribution in [1.29, 1.82) is 0 Å². The lowest BCUT2D eigenvalue weighted by Crippen LogP contribution is -2.01. The molecule has 0 nitrogen and oxygen atoms in total. The Morgan fingerprint density at radius 3 is 2.11 bits per heavy atom. The van der Waals surface area contributed by atoms with Crippen molar-refractivity contribution in [3.05, 3.63) is 69.2 Å². The normalized spacial score (nSPS) is 12.5. The first-order chi connectivity index (χ1) is 8.50. The van der Waals surface area contributed by atoms with Crippen LogP contribution in [0.1, 0.15) is 16.5 Å². The van der Waals surface area contributed by atoms with E-state index in [-0.39, 0.29) is 10.6 Å². The molecule has 0 saturated heterocycles. The summed E-state index contributed by atoms with van der Waals surface area (Å²) in [6.45, 7) is 0. The van der Waals surface area contributed by atoms with Crippen LogP contribution in [0.2, 0.25) is 10.0 Å². The minimum absolute atomic E-state index is 0.219. The van der Waals surface area contributed by atoms with E-state index in [0.717, 1.165) is 12.1 Å². The third-order valence-corrected chi connectivity index (χ3v) is 3.50. The fourth-order valence-electron chi connectivity index (χ4n) is 1.62. The zero-order chi connectivity index (χ0) is 13.3. The second-order valence-corrected chi connectivity index (χ2v) is 4.94. The molecule has 0 spiro atoms. The molecule has 2 aromatic rings. The number of rotatable bonds is 2. The van der Waals surface area contributed by atoms with Crippen LogP contribution in [0.25, 0.3) is 0 Å². The maximum absolute atomic E-state index is 13.6.